The molecule has 0 aromatic heterocycles. The van der Waals surface area contributed by atoms with Crippen molar-refractivity contribution in [3.63, 3.8) is 0 Å². The molecule has 166 valence electrons. The number of halogens is 1. The van der Waals surface area contributed by atoms with Gasteiger partial charge in [-0.25, -0.2) is 0 Å². The molecule has 0 fully saturated rings. The van der Waals surface area contributed by atoms with Crippen molar-refractivity contribution in [2.75, 3.05) is 13.2 Å². The summed E-state index contributed by atoms with van der Waals surface area (Å²) in [6, 6.07) is 25.4. The van der Waals surface area contributed by atoms with E-state index in [0.717, 1.165) is 11.1 Å². The molecule has 3 aromatic rings. The minimum absolute atomic E-state index is 0.171. The number of nitrogens with one attached hydrogen (secondary N) is 1. The Kier molecular flexibility index (Phi) is 8.70. The standard InChI is InChI=1S/C26H27ClN2O3/c1-2-28-26(31)24(17-20-10-5-3-6-11-20)29(18-21-12-9-13-22(27)16-21)25(30)19-32-23-14-7-4-8-15-23/h3-16,24H,2,17-19H2,1H3,(H,28,31). The second kappa shape index (κ2) is 11.9. The zero-order chi connectivity index (χ0) is 22.8. The number of carbonyl (C=O) groups excluding carboxylic acids is 2. The number of rotatable bonds is 10. The molecule has 3 aromatic carbocycles. The van der Waals surface area contributed by atoms with Crippen molar-refractivity contribution in [2.24, 2.45) is 0 Å². The van der Waals surface area contributed by atoms with Crippen molar-refractivity contribution in [2.45, 2.75) is 25.9 Å². The molecule has 0 radical (unpaired) electrons. The summed E-state index contributed by atoms with van der Waals surface area (Å²) in [6.45, 7) is 2.41. The summed E-state index contributed by atoms with van der Waals surface area (Å²) in [5.41, 5.74) is 1.81. The van der Waals surface area contributed by atoms with E-state index in [-0.39, 0.29) is 25.0 Å². The van der Waals surface area contributed by atoms with Gasteiger partial charge in [-0.15, -0.1) is 0 Å². The molecule has 0 saturated heterocycles. The normalized spacial score (nSPS) is 11.4. The Morgan fingerprint density at radius 3 is 2.25 bits per heavy atom. The highest BCUT2D eigenvalue weighted by Crippen LogP contribution is 2.18. The Morgan fingerprint density at radius 2 is 1.59 bits per heavy atom. The lowest BCUT2D eigenvalue weighted by Gasteiger charge is -2.31. The number of likely N-dealkylation sites (N-methyl/N-ethyl adjacent to an activating group) is 1. The monoisotopic (exact) mass is 450 g/mol. The van der Waals surface area contributed by atoms with Gasteiger partial charge in [-0.3, -0.25) is 9.59 Å². The SMILES string of the molecule is CCNC(=O)C(Cc1ccccc1)N(Cc1cccc(Cl)c1)C(=O)COc1ccccc1. The van der Waals surface area contributed by atoms with Crippen LogP contribution in [0.2, 0.25) is 5.02 Å². The van der Waals surface area contributed by atoms with Crippen LogP contribution in [0, 0.1) is 0 Å². The Balaban J connectivity index is 1.88. The van der Waals surface area contributed by atoms with Crippen molar-refractivity contribution >= 4 is 23.4 Å². The van der Waals surface area contributed by atoms with E-state index in [0.29, 0.717) is 23.7 Å². The number of benzene rings is 3. The van der Waals surface area contributed by atoms with Gasteiger partial charge < -0.3 is 15.0 Å². The maximum Gasteiger partial charge on any atom is 0.261 e. The zero-order valence-electron chi connectivity index (χ0n) is 18.0. The van der Waals surface area contributed by atoms with Gasteiger partial charge in [0.05, 0.1) is 0 Å². The second-order valence-electron chi connectivity index (χ2n) is 7.35. The van der Waals surface area contributed by atoms with Gasteiger partial charge in [-0.1, -0.05) is 72.3 Å². The topological polar surface area (TPSA) is 58.6 Å². The van der Waals surface area contributed by atoms with Gasteiger partial charge in [0.2, 0.25) is 5.91 Å². The number of para-hydroxylation sites is 1. The van der Waals surface area contributed by atoms with E-state index in [1.165, 1.54) is 0 Å². The summed E-state index contributed by atoms with van der Waals surface area (Å²) in [5, 5.41) is 3.45. The van der Waals surface area contributed by atoms with Crippen LogP contribution in [0.15, 0.2) is 84.9 Å². The highest BCUT2D eigenvalue weighted by atomic mass is 35.5. The summed E-state index contributed by atoms with van der Waals surface area (Å²) in [7, 11) is 0. The van der Waals surface area contributed by atoms with Gasteiger partial charge >= 0.3 is 0 Å². The first-order valence-corrected chi connectivity index (χ1v) is 11.0. The minimum atomic E-state index is -0.691. The molecule has 1 unspecified atom stereocenters. The Morgan fingerprint density at radius 1 is 0.938 bits per heavy atom. The van der Waals surface area contributed by atoms with Crippen molar-refractivity contribution in [1.82, 2.24) is 10.2 Å². The van der Waals surface area contributed by atoms with Crippen molar-refractivity contribution in [3.8, 4) is 5.75 Å². The first kappa shape index (κ1) is 23.4. The number of hydrogen-bond acceptors (Lipinski definition) is 3. The predicted molar refractivity (Wildman–Crippen MR) is 127 cm³/mol. The van der Waals surface area contributed by atoms with Gasteiger partial charge in [-0.05, 0) is 42.3 Å². The zero-order valence-corrected chi connectivity index (χ0v) is 18.8. The molecule has 3 rings (SSSR count). The van der Waals surface area contributed by atoms with Crippen LogP contribution in [0.5, 0.6) is 5.75 Å². The average Bonchev–Trinajstić information content (AvgIpc) is 2.81. The molecule has 0 bridgehead atoms. The average molecular weight is 451 g/mol. The maximum absolute atomic E-state index is 13.3. The molecular formula is C26H27ClN2O3. The number of hydrogen-bond donors (Lipinski definition) is 1. The van der Waals surface area contributed by atoms with Gasteiger partial charge in [0.1, 0.15) is 11.8 Å². The Hall–Kier alpha value is -3.31. The number of nitrogens with zero attached hydrogens (tertiary/aromatic N) is 1. The van der Waals surface area contributed by atoms with Crippen LogP contribution in [0.4, 0.5) is 0 Å². The van der Waals surface area contributed by atoms with Gasteiger partial charge in [-0.2, -0.15) is 0 Å². The van der Waals surface area contributed by atoms with Crippen LogP contribution in [-0.4, -0.2) is 35.9 Å². The fraction of sp³-hybridized carbons (Fsp3) is 0.231. The third-order valence-corrected chi connectivity index (χ3v) is 5.20. The third kappa shape index (κ3) is 6.86. The molecule has 2 amide bonds. The highest BCUT2D eigenvalue weighted by Gasteiger charge is 2.30. The number of ether oxygens (including phenoxy) is 1. The first-order valence-electron chi connectivity index (χ1n) is 10.6. The van der Waals surface area contributed by atoms with E-state index in [9.17, 15) is 9.59 Å². The molecule has 6 heteroatoms. The van der Waals surface area contributed by atoms with Gasteiger partial charge in [0, 0.05) is 24.5 Å². The molecule has 1 atom stereocenters. The van der Waals surface area contributed by atoms with E-state index in [1.54, 1.807) is 29.2 Å². The fourth-order valence-corrected chi connectivity index (χ4v) is 3.64. The summed E-state index contributed by atoms with van der Waals surface area (Å²) >= 11 is 6.16. The molecule has 32 heavy (non-hydrogen) atoms. The van der Waals surface area contributed by atoms with Crippen LogP contribution in [0.3, 0.4) is 0 Å². The van der Waals surface area contributed by atoms with Gasteiger partial charge in [0.15, 0.2) is 6.61 Å². The van der Waals surface area contributed by atoms with Crippen LogP contribution in [0.1, 0.15) is 18.1 Å². The summed E-state index contributed by atoms with van der Waals surface area (Å²) in [4.78, 5) is 28.0. The molecule has 1 N–H and O–H groups in total. The quantitative estimate of drug-likeness (QED) is 0.495. The van der Waals surface area contributed by atoms with Crippen LogP contribution >= 0.6 is 11.6 Å². The van der Waals surface area contributed by atoms with Crippen molar-refractivity contribution < 1.29 is 14.3 Å². The largest absolute Gasteiger partial charge is 0.484 e. The molecule has 0 spiro atoms. The third-order valence-electron chi connectivity index (χ3n) is 4.97. The fourth-order valence-electron chi connectivity index (χ4n) is 3.42. The van der Waals surface area contributed by atoms with Gasteiger partial charge in [0.25, 0.3) is 5.91 Å². The molecule has 0 aliphatic carbocycles. The lowest BCUT2D eigenvalue weighted by atomic mass is 10.0. The van der Waals surface area contributed by atoms with E-state index >= 15 is 0 Å². The van der Waals surface area contributed by atoms with E-state index in [4.69, 9.17) is 16.3 Å². The van der Waals surface area contributed by atoms with E-state index in [1.807, 2.05) is 67.6 Å². The van der Waals surface area contributed by atoms with E-state index in [2.05, 4.69) is 5.32 Å². The summed E-state index contributed by atoms with van der Waals surface area (Å²) in [5.74, 6) is 0.119. The molecule has 0 aliphatic heterocycles. The smallest absolute Gasteiger partial charge is 0.261 e. The molecule has 5 nitrogen and oxygen atoms in total. The molecule has 0 heterocycles. The lowest BCUT2D eigenvalue weighted by molar-refractivity contribution is -0.142. The molecule has 0 saturated carbocycles. The minimum Gasteiger partial charge on any atom is -0.484 e. The highest BCUT2D eigenvalue weighted by molar-refractivity contribution is 6.30. The summed E-state index contributed by atoms with van der Waals surface area (Å²) < 4.78 is 5.70. The maximum atomic E-state index is 13.3. The Labute approximate surface area is 194 Å². The van der Waals surface area contributed by atoms with E-state index < -0.39 is 6.04 Å². The van der Waals surface area contributed by atoms with Crippen molar-refractivity contribution in [3.05, 3.63) is 101 Å². The number of carbonyl (C=O) groups is 2. The lowest BCUT2D eigenvalue weighted by Crippen LogP contribution is -2.51. The molecule has 0 aliphatic rings. The van der Waals surface area contributed by atoms with Crippen LogP contribution in [-0.2, 0) is 22.6 Å². The first-order chi connectivity index (χ1) is 15.6. The number of amides is 2. The summed E-state index contributed by atoms with van der Waals surface area (Å²) in [6.07, 6.45) is 0.393. The molecular weight excluding hydrogens is 424 g/mol. The predicted octanol–water partition coefficient (Wildman–Crippen LogP) is 4.50. The Bertz CT molecular complexity index is 1010. The van der Waals surface area contributed by atoms with Crippen molar-refractivity contribution in [1.29, 1.82) is 0 Å². The van der Waals surface area contributed by atoms with Crippen LogP contribution < -0.4 is 10.1 Å². The van der Waals surface area contributed by atoms with Crippen LogP contribution in [0.25, 0.3) is 0 Å². The second-order valence-corrected chi connectivity index (χ2v) is 7.79.